The van der Waals surface area contributed by atoms with Crippen LogP contribution in [0.1, 0.15) is 40.7 Å². The van der Waals surface area contributed by atoms with Crippen molar-refractivity contribution in [1.29, 1.82) is 0 Å². The van der Waals surface area contributed by atoms with E-state index < -0.39 is 0 Å². The zero-order valence-corrected chi connectivity index (χ0v) is 12.5. The zero-order valence-electron chi connectivity index (χ0n) is 10.1. The molecule has 0 bridgehead atoms. The maximum atomic E-state index is 12.2. The van der Waals surface area contributed by atoms with Crippen LogP contribution in [0, 0.1) is 0 Å². The average Bonchev–Trinajstić information content (AvgIpc) is 2.77. The van der Waals surface area contributed by atoms with Crippen molar-refractivity contribution in [2.24, 2.45) is 0 Å². The highest BCUT2D eigenvalue weighted by Gasteiger charge is 2.18. The van der Waals surface area contributed by atoms with Crippen LogP contribution in [0.4, 0.5) is 0 Å². The summed E-state index contributed by atoms with van der Waals surface area (Å²) in [5, 5.41) is 4.02. The highest BCUT2D eigenvalue weighted by atomic mass is 79.9. The van der Waals surface area contributed by atoms with Gasteiger partial charge in [0.15, 0.2) is 5.78 Å². The molecular formula is C12H12BrN3OS. The molecule has 0 unspecified atom stereocenters. The van der Waals surface area contributed by atoms with Crippen molar-refractivity contribution >= 4 is 33.2 Å². The summed E-state index contributed by atoms with van der Waals surface area (Å²) in [6.07, 6.45) is 3.73. The molecule has 0 aliphatic rings. The lowest BCUT2D eigenvalue weighted by Gasteiger charge is -2.03. The van der Waals surface area contributed by atoms with Gasteiger partial charge in [-0.25, -0.2) is 0 Å². The van der Waals surface area contributed by atoms with Gasteiger partial charge in [-0.2, -0.15) is 0 Å². The average molecular weight is 326 g/mol. The number of aromatic nitrogens is 3. The predicted octanol–water partition coefficient (Wildman–Crippen LogP) is 3.24. The Kier molecular flexibility index (Phi) is 4.19. The molecule has 0 amide bonds. The van der Waals surface area contributed by atoms with Gasteiger partial charge in [-0.1, -0.05) is 18.3 Å². The molecule has 6 heteroatoms. The molecule has 0 spiro atoms. The number of Topliss-reactive ketones (excluding diaryl/α,β-unsaturated/α-hetero) is 1. The van der Waals surface area contributed by atoms with E-state index in [1.807, 2.05) is 19.9 Å². The molecule has 0 fully saturated rings. The van der Waals surface area contributed by atoms with Crippen molar-refractivity contribution in [3.05, 3.63) is 39.1 Å². The second-order valence-electron chi connectivity index (χ2n) is 4.25. The topological polar surface area (TPSA) is 55.7 Å². The molecule has 0 saturated carbocycles. The first-order valence-corrected chi connectivity index (χ1v) is 7.09. The number of hydrogen-bond donors (Lipinski definition) is 0. The summed E-state index contributed by atoms with van der Waals surface area (Å²) in [4.78, 5) is 16.9. The number of hydrogen-bond acceptors (Lipinski definition) is 5. The number of nitrogens with zero attached hydrogens (tertiary/aromatic N) is 3. The predicted molar refractivity (Wildman–Crippen MR) is 74.0 cm³/mol. The van der Waals surface area contributed by atoms with E-state index in [1.54, 1.807) is 12.4 Å². The molecule has 18 heavy (non-hydrogen) atoms. The van der Waals surface area contributed by atoms with E-state index in [9.17, 15) is 4.79 Å². The van der Waals surface area contributed by atoms with E-state index in [-0.39, 0.29) is 11.7 Å². The lowest BCUT2D eigenvalue weighted by Crippen LogP contribution is -2.06. The van der Waals surface area contributed by atoms with E-state index >= 15 is 0 Å². The summed E-state index contributed by atoms with van der Waals surface area (Å²) in [5.74, 6) is 0.261. The van der Waals surface area contributed by atoms with Crippen molar-refractivity contribution in [2.75, 3.05) is 0 Å². The van der Waals surface area contributed by atoms with E-state index in [2.05, 4.69) is 30.5 Å². The van der Waals surface area contributed by atoms with Gasteiger partial charge in [0.2, 0.25) is 0 Å². The van der Waals surface area contributed by atoms with E-state index in [4.69, 9.17) is 0 Å². The van der Waals surface area contributed by atoms with Crippen LogP contribution in [-0.4, -0.2) is 20.4 Å². The SMILES string of the molecule is CC(C)c1nnsc1C(=O)Cc1cncc(Br)c1. The molecule has 0 saturated heterocycles. The van der Waals surface area contributed by atoms with Gasteiger partial charge in [0, 0.05) is 23.3 Å². The van der Waals surface area contributed by atoms with Crippen LogP contribution < -0.4 is 0 Å². The van der Waals surface area contributed by atoms with Gasteiger partial charge in [0.1, 0.15) is 4.88 Å². The summed E-state index contributed by atoms with van der Waals surface area (Å²) in [6.45, 7) is 4.02. The summed E-state index contributed by atoms with van der Waals surface area (Å²) in [5.41, 5.74) is 1.67. The van der Waals surface area contributed by atoms with Gasteiger partial charge >= 0.3 is 0 Å². The van der Waals surface area contributed by atoms with Gasteiger partial charge < -0.3 is 0 Å². The molecular weight excluding hydrogens is 314 g/mol. The van der Waals surface area contributed by atoms with E-state index in [1.165, 1.54) is 11.5 Å². The van der Waals surface area contributed by atoms with E-state index in [0.717, 1.165) is 15.7 Å². The molecule has 4 nitrogen and oxygen atoms in total. The molecule has 0 aliphatic heterocycles. The molecule has 94 valence electrons. The Bertz CT molecular complexity index is 568. The quantitative estimate of drug-likeness (QED) is 0.810. The van der Waals surface area contributed by atoms with Gasteiger partial charge in [-0.05, 0) is 45.0 Å². The van der Waals surface area contributed by atoms with Crippen LogP contribution in [0.5, 0.6) is 0 Å². The van der Waals surface area contributed by atoms with Gasteiger partial charge in [0.05, 0.1) is 5.69 Å². The fourth-order valence-electron chi connectivity index (χ4n) is 1.59. The zero-order chi connectivity index (χ0) is 13.1. The number of pyridine rings is 1. The number of rotatable bonds is 4. The Morgan fingerprint density at radius 2 is 2.22 bits per heavy atom. The Hall–Kier alpha value is -1.14. The number of carbonyl (C=O) groups excluding carboxylic acids is 1. The number of carbonyl (C=O) groups is 1. The Labute approximate surface area is 118 Å². The molecule has 0 aliphatic carbocycles. The molecule has 2 rings (SSSR count). The van der Waals surface area contributed by atoms with Crippen LogP contribution in [-0.2, 0) is 6.42 Å². The van der Waals surface area contributed by atoms with Crippen molar-refractivity contribution in [1.82, 2.24) is 14.6 Å². The molecule has 2 aromatic heterocycles. The molecule has 2 heterocycles. The van der Waals surface area contributed by atoms with Gasteiger partial charge in [0.25, 0.3) is 0 Å². The minimum Gasteiger partial charge on any atom is -0.293 e. The highest BCUT2D eigenvalue weighted by Crippen LogP contribution is 2.21. The minimum absolute atomic E-state index is 0.0496. The number of ketones is 1. The minimum atomic E-state index is 0.0496. The van der Waals surface area contributed by atoms with Gasteiger partial charge in [-0.3, -0.25) is 9.78 Å². The number of halogens is 1. The molecule has 2 aromatic rings. The fraction of sp³-hybridized carbons (Fsp3) is 0.333. The van der Waals surface area contributed by atoms with Crippen molar-refractivity contribution < 1.29 is 4.79 Å². The first kappa shape index (κ1) is 13.3. The van der Waals surface area contributed by atoms with Crippen LogP contribution in [0.2, 0.25) is 0 Å². The van der Waals surface area contributed by atoms with Crippen molar-refractivity contribution in [2.45, 2.75) is 26.2 Å². The molecule has 0 radical (unpaired) electrons. The smallest absolute Gasteiger partial charge is 0.180 e. The first-order valence-electron chi connectivity index (χ1n) is 5.52. The standard InChI is InChI=1S/C12H12BrN3OS/c1-7(2)11-12(18-16-15-11)10(17)4-8-3-9(13)6-14-5-8/h3,5-7H,4H2,1-2H3. The maximum Gasteiger partial charge on any atom is 0.180 e. The maximum absolute atomic E-state index is 12.2. The summed E-state index contributed by atoms with van der Waals surface area (Å²) in [6, 6.07) is 1.90. The second kappa shape index (κ2) is 5.67. The lowest BCUT2D eigenvalue weighted by atomic mass is 10.0. The Morgan fingerprint density at radius 3 is 2.89 bits per heavy atom. The normalized spacial score (nSPS) is 10.9. The van der Waals surface area contributed by atoms with Gasteiger partial charge in [-0.15, -0.1) is 5.10 Å². The lowest BCUT2D eigenvalue weighted by molar-refractivity contribution is 0.0995. The van der Waals surface area contributed by atoms with Crippen molar-refractivity contribution in [3.8, 4) is 0 Å². The Balaban J connectivity index is 2.20. The third kappa shape index (κ3) is 3.00. The van der Waals surface area contributed by atoms with Crippen molar-refractivity contribution in [3.63, 3.8) is 0 Å². The largest absolute Gasteiger partial charge is 0.293 e. The van der Waals surface area contributed by atoms with Crippen LogP contribution >= 0.6 is 27.5 Å². The molecule has 0 N–H and O–H groups in total. The molecule has 0 aromatic carbocycles. The second-order valence-corrected chi connectivity index (χ2v) is 5.92. The third-order valence-corrected chi connectivity index (χ3v) is 3.66. The summed E-state index contributed by atoms with van der Waals surface area (Å²) >= 11 is 4.51. The highest BCUT2D eigenvalue weighted by molar-refractivity contribution is 9.10. The first-order chi connectivity index (χ1) is 8.58. The monoisotopic (exact) mass is 325 g/mol. The fourth-order valence-corrected chi connectivity index (χ4v) is 2.75. The summed E-state index contributed by atoms with van der Waals surface area (Å²) in [7, 11) is 0. The summed E-state index contributed by atoms with van der Waals surface area (Å²) < 4.78 is 4.74. The van der Waals surface area contributed by atoms with Crippen LogP contribution in [0.15, 0.2) is 22.9 Å². The molecule has 0 atom stereocenters. The van der Waals surface area contributed by atoms with Crippen LogP contribution in [0.25, 0.3) is 0 Å². The Morgan fingerprint density at radius 1 is 1.44 bits per heavy atom. The third-order valence-electron chi connectivity index (χ3n) is 2.44. The van der Waals surface area contributed by atoms with E-state index in [0.29, 0.717) is 11.3 Å². The van der Waals surface area contributed by atoms with Crippen LogP contribution in [0.3, 0.4) is 0 Å².